The highest BCUT2D eigenvalue weighted by atomic mass is 16.5. The highest BCUT2D eigenvalue weighted by Crippen LogP contribution is 2.14. The Morgan fingerprint density at radius 3 is 3.00 bits per heavy atom. The molecule has 0 radical (unpaired) electrons. The van der Waals surface area contributed by atoms with E-state index in [1.54, 1.807) is 7.11 Å². The normalized spacial score (nSPS) is 25.0. The van der Waals surface area contributed by atoms with Gasteiger partial charge in [0.2, 0.25) is 0 Å². The molecule has 0 aromatic carbocycles. The van der Waals surface area contributed by atoms with Gasteiger partial charge < -0.3 is 15.4 Å². The molecule has 1 rings (SSSR count). The van der Waals surface area contributed by atoms with Crippen LogP contribution in [0, 0.1) is 5.92 Å². The van der Waals surface area contributed by atoms with Crippen LogP contribution in [0.2, 0.25) is 0 Å². The summed E-state index contributed by atoms with van der Waals surface area (Å²) in [5, 5.41) is 0. The first kappa shape index (κ1) is 9.96. The lowest BCUT2D eigenvalue weighted by atomic mass is 10.1. The third kappa shape index (κ3) is 3.09. The van der Waals surface area contributed by atoms with Gasteiger partial charge >= 0.3 is 0 Å². The van der Waals surface area contributed by atoms with Gasteiger partial charge in [-0.1, -0.05) is 0 Å². The van der Waals surface area contributed by atoms with Crippen LogP contribution >= 0.6 is 0 Å². The van der Waals surface area contributed by atoms with E-state index in [1.165, 1.54) is 26.1 Å². The number of nitrogens with zero attached hydrogens (tertiary/aromatic N) is 1. The van der Waals surface area contributed by atoms with Gasteiger partial charge in [-0.2, -0.15) is 0 Å². The summed E-state index contributed by atoms with van der Waals surface area (Å²) in [6.07, 6.45) is 2.43. The zero-order valence-corrected chi connectivity index (χ0v) is 7.96. The Bertz CT molecular complexity index is 119. The zero-order chi connectivity index (χ0) is 8.81. The SMILES string of the molecule is COCCCN1CC[C@@H](CN)C1. The summed E-state index contributed by atoms with van der Waals surface area (Å²) in [5.74, 6) is 0.743. The van der Waals surface area contributed by atoms with E-state index in [0.29, 0.717) is 0 Å². The van der Waals surface area contributed by atoms with Crippen LogP contribution in [0.25, 0.3) is 0 Å². The largest absolute Gasteiger partial charge is 0.385 e. The number of hydrogen-bond donors (Lipinski definition) is 1. The highest BCUT2D eigenvalue weighted by Gasteiger charge is 2.19. The van der Waals surface area contributed by atoms with Crippen LogP contribution in [0.3, 0.4) is 0 Å². The van der Waals surface area contributed by atoms with Crippen LogP contribution in [0.4, 0.5) is 0 Å². The number of methoxy groups -OCH3 is 1. The van der Waals surface area contributed by atoms with Crippen molar-refractivity contribution in [2.24, 2.45) is 11.7 Å². The van der Waals surface area contributed by atoms with Gasteiger partial charge in [0.1, 0.15) is 0 Å². The van der Waals surface area contributed by atoms with Gasteiger partial charge in [-0.05, 0) is 31.8 Å². The van der Waals surface area contributed by atoms with E-state index in [4.69, 9.17) is 10.5 Å². The molecule has 1 atom stereocenters. The van der Waals surface area contributed by atoms with E-state index in [9.17, 15) is 0 Å². The molecule has 0 aliphatic carbocycles. The summed E-state index contributed by atoms with van der Waals surface area (Å²) in [7, 11) is 1.76. The maximum absolute atomic E-state index is 5.60. The predicted molar refractivity (Wildman–Crippen MR) is 50.1 cm³/mol. The van der Waals surface area contributed by atoms with E-state index in [-0.39, 0.29) is 0 Å². The Hall–Kier alpha value is -0.120. The minimum Gasteiger partial charge on any atom is -0.385 e. The average Bonchev–Trinajstić information content (AvgIpc) is 2.53. The van der Waals surface area contributed by atoms with E-state index in [2.05, 4.69) is 4.90 Å². The molecule has 0 bridgehead atoms. The summed E-state index contributed by atoms with van der Waals surface area (Å²) in [4.78, 5) is 2.48. The fraction of sp³-hybridized carbons (Fsp3) is 1.00. The number of ether oxygens (including phenoxy) is 1. The second kappa shape index (κ2) is 5.51. The van der Waals surface area contributed by atoms with Crippen LogP contribution in [-0.2, 0) is 4.74 Å². The second-order valence-electron chi connectivity index (χ2n) is 3.54. The van der Waals surface area contributed by atoms with Crippen molar-refractivity contribution in [2.45, 2.75) is 12.8 Å². The molecule has 3 nitrogen and oxygen atoms in total. The minimum atomic E-state index is 0.743. The van der Waals surface area contributed by atoms with Crippen LogP contribution in [0.1, 0.15) is 12.8 Å². The maximum atomic E-state index is 5.60. The van der Waals surface area contributed by atoms with Crippen molar-refractivity contribution >= 4 is 0 Å². The van der Waals surface area contributed by atoms with Crippen LogP contribution in [-0.4, -0.2) is 44.8 Å². The molecule has 0 unspecified atom stereocenters. The molecule has 0 spiro atoms. The number of nitrogens with two attached hydrogens (primary N) is 1. The zero-order valence-electron chi connectivity index (χ0n) is 7.96. The quantitative estimate of drug-likeness (QED) is 0.606. The fourth-order valence-electron chi connectivity index (χ4n) is 1.74. The molecule has 1 heterocycles. The van der Waals surface area contributed by atoms with Crippen molar-refractivity contribution < 1.29 is 4.74 Å². The molecule has 0 amide bonds. The highest BCUT2D eigenvalue weighted by molar-refractivity contribution is 4.75. The lowest BCUT2D eigenvalue weighted by Crippen LogP contribution is -2.24. The van der Waals surface area contributed by atoms with E-state index in [0.717, 1.165) is 25.5 Å². The van der Waals surface area contributed by atoms with Crippen molar-refractivity contribution in [3.8, 4) is 0 Å². The average molecular weight is 172 g/mol. The Labute approximate surface area is 74.9 Å². The molecule has 0 saturated carbocycles. The van der Waals surface area contributed by atoms with Crippen LogP contribution < -0.4 is 5.73 Å². The van der Waals surface area contributed by atoms with Gasteiger partial charge in [0.15, 0.2) is 0 Å². The number of likely N-dealkylation sites (tertiary alicyclic amines) is 1. The van der Waals surface area contributed by atoms with E-state index in [1.807, 2.05) is 0 Å². The monoisotopic (exact) mass is 172 g/mol. The molecule has 1 saturated heterocycles. The van der Waals surface area contributed by atoms with Gasteiger partial charge in [0.25, 0.3) is 0 Å². The molecular formula is C9H20N2O. The lowest BCUT2D eigenvalue weighted by Gasteiger charge is -2.14. The smallest absolute Gasteiger partial charge is 0.0474 e. The molecule has 2 N–H and O–H groups in total. The first-order valence-electron chi connectivity index (χ1n) is 4.78. The summed E-state index contributed by atoms with van der Waals surface area (Å²) >= 11 is 0. The molecule has 0 aromatic heterocycles. The topological polar surface area (TPSA) is 38.5 Å². The first-order chi connectivity index (χ1) is 5.86. The van der Waals surface area contributed by atoms with Crippen LogP contribution in [0.15, 0.2) is 0 Å². The Morgan fingerprint density at radius 1 is 1.58 bits per heavy atom. The van der Waals surface area contributed by atoms with Gasteiger partial charge in [-0.25, -0.2) is 0 Å². The van der Waals surface area contributed by atoms with Gasteiger partial charge in [-0.15, -0.1) is 0 Å². The summed E-state index contributed by atoms with van der Waals surface area (Å²) in [6.45, 7) is 5.32. The molecular weight excluding hydrogens is 152 g/mol. The third-order valence-electron chi connectivity index (χ3n) is 2.53. The molecule has 3 heteroatoms. The Balaban J connectivity index is 2.03. The maximum Gasteiger partial charge on any atom is 0.0474 e. The Morgan fingerprint density at radius 2 is 2.42 bits per heavy atom. The predicted octanol–water partition coefficient (Wildman–Crippen LogP) is 0.304. The third-order valence-corrected chi connectivity index (χ3v) is 2.53. The van der Waals surface area contributed by atoms with Gasteiger partial charge in [0.05, 0.1) is 0 Å². The van der Waals surface area contributed by atoms with Crippen molar-refractivity contribution in [1.29, 1.82) is 0 Å². The molecule has 72 valence electrons. The van der Waals surface area contributed by atoms with Gasteiger partial charge in [-0.3, -0.25) is 0 Å². The van der Waals surface area contributed by atoms with Crippen molar-refractivity contribution in [2.75, 3.05) is 39.9 Å². The molecule has 1 aliphatic heterocycles. The molecule has 1 fully saturated rings. The minimum absolute atomic E-state index is 0.743. The summed E-state index contributed by atoms with van der Waals surface area (Å²) in [5.41, 5.74) is 5.60. The lowest BCUT2D eigenvalue weighted by molar-refractivity contribution is 0.178. The van der Waals surface area contributed by atoms with Crippen molar-refractivity contribution in [1.82, 2.24) is 4.90 Å². The van der Waals surface area contributed by atoms with Crippen LogP contribution in [0.5, 0.6) is 0 Å². The van der Waals surface area contributed by atoms with E-state index < -0.39 is 0 Å². The molecule has 0 aromatic rings. The van der Waals surface area contributed by atoms with Crippen molar-refractivity contribution in [3.63, 3.8) is 0 Å². The summed E-state index contributed by atoms with van der Waals surface area (Å²) in [6, 6.07) is 0. The van der Waals surface area contributed by atoms with Crippen molar-refractivity contribution in [3.05, 3.63) is 0 Å². The molecule has 12 heavy (non-hydrogen) atoms. The number of hydrogen-bond acceptors (Lipinski definition) is 3. The van der Waals surface area contributed by atoms with Gasteiger partial charge in [0, 0.05) is 26.8 Å². The summed E-state index contributed by atoms with van der Waals surface area (Å²) < 4.78 is 5.00. The second-order valence-corrected chi connectivity index (χ2v) is 3.54. The standard InChI is InChI=1S/C9H20N2O/c1-12-6-2-4-11-5-3-9(7-10)8-11/h9H,2-8,10H2,1H3/t9-/m0/s1. The first-order valence-corrected chi connectivity index (χ1v) is 4.78. The Kier molecular flexibility index (Phi) is 4.58. The van der Waals surface area contributed by atoms with E-state index >= 15 is 0 Å². The fourth-order valence-corrected chi connectivity index (χ4v) is 1.74. The molecule has 1 aliphatic rings. The number of rotatable bonds is 5.